The minimum atomic E-state index is -0.758. The molecular formula is C26H28N2O2. The Morgan fingerprint density at radius 3 is 2.03 bits per heavy atom. The Labute approximate surface area is 178 Å². The Bertz CT molecular complexity index is 957. The zero-order valence-electron chi connectivity index (χ0n) is 17.3. The molecule has 0 radical (unpaired) electrons. The molecule has 1 heterocycles. The van der Waals surface area contributed by atoms with Crippen molar-refractivity contribution in [3.05, 3.63) is 96.1 Å². The van der Waals surface area contributed by atoms with E-state index in [-0.39, 0.29) is 18.6 Å². The number of hydrogen-bond acceptors (Lipinski definition) is 3. The Morgan fingerprint density at radius 2 is 1.43 bits per heavy atom. The van der Waals surface area contributed by atoms with Gasteiger partial charge < -0.3 is 5.11 Å². The van der Waals surface area contributed by atoms with Crippen LogP contribution in [0.25, 0.3) is 11.1 Å². The molecule has 0 saturated carbocycles. The van der Waals surface area contributed by atoms with Crippen LogP contribution < -0.4 is 0 Å². The molecule has 2 atom stereocenters. The van der Waals surface area contributed by atoms with E-state index >= 15 is 0 Å². The van der Waals surface area contributed by atoms with Crippen LogP contribution in [0, 0.1) is 0 Å². The third-order valence-corrected chi connectivity index (χ3v) is 5.95. The van der Waals surface area contributed by atoms with Gasteiger partial charge in [-0.3, -0.25) is 14.6 Å². The Balaban J connectivity index is 1.61. The lowest BCUT2D eigenvalue weighted by atomic mass is 9.94. The molecular weight excluding hydrogens is 372 g/mol. The van der Waals surface area contributed by atoms with E-state index in [9.17, 15) is 9.90 Å². The van der Waals surface area contributed by atoms with Crippen molar-refractivity contribution < 1.29 is 9.90 Å². The molecule has 154 valence electrons. The van der Waals surface area contributed by atoms with Gasteiger partial charge in [-0.25, -0.2) is 0 Å². The van der Waals surface area contributed by atoms with Crippen LogP contribution in [-0.2, 0) is 4.79 Å². The number of rotatable bonds is 6. The molecule has 4 heteroatoms. The number of aliphatic carboxylic acids is 1. The van der Waals surface area contributed by atoms with Crippen LogP contribution in [0.1, 0.15) is 24.1 Å². The fourth-order valence-electron chi connectivity index (χ4n) is 4.40. The molecule has 0 amide bonds. The van der Waals surface area contributed by atoms with E-state index in [2.05, 4.69) is 89.5 Å². The second-order valence-corrected chi connectivity index (χ2v) is 8.01. The monoisotopic (exact) mass is 400 g/mol. The van der Waals surface area contributed by atoms with Gasteiger partial charge in [0.1, 0.15) is 0 Å². The molecule has 4 rings (SSSR count). The van der Waals surface area contributed by atoms with Crippen molar-refractivity contribution in [3.8, 4) is 11.1 Å². The van der Waals surface area contributed by atoms with Gasteiger partial charge in [0, 0.05) is 25.7 Å². The lowest BCUT2D eigenvalue weighted by molar-refractivity contribution is -0.139. The molecule has 1 saturated heterocycles. The molecule has 0 bridgehead atoms. The van der Waals surface area contributed by atoms with E-state index < -0.39 is 5.97 Å². The van der Waals surface area contributed by atoms with Crippen LogP contribution in [0.4, 0.5) is 0 Å². The standard InChI is InChI=1S/C26H28N2O2/c1-20-18-28(17-16-27(20)19-25(29)30)26(23-10-6-3-7-11-23)24-14-12-22(13-15-24)21-8-4-2-5-9-21/h2-15,20,26H,16-19H2,1H3,(H,29,30)/t20?,26-/m1/s1. The maximum atomic E-state index is 11.2. The summed E-state index contributed by atoms with van der Waals surface area (Å²) in [5.41, 5.74) is 4.96. The zero-order chi connectivity index (χ0) is 20.9. The van der Waals surface area contributed by atoms with E-state index in [1.54, 1.807) is 0 Å². The quantitative estimate of drug-likeness (QED) is 0.660. The summed E-state index contributed by atoms with van der Waals surface area (Å²) in [6.45, 7) is 4.68. The second kappa shape index (κ2) is 9.24. The van der Waals surface area contributed by atoms with E-state index in [4.69, 9.17) is 0 Å². The van der Waals surface area contributed by atoms with Gasteiger partial charge in [-0.1, -0.05) is 84.9 Å². The average Bonchev–Trinajstić information content (AvgIpc) is 2.77. The summed E-state index contributed by atoms with van der Waals surface area (Å²) in [4.78, 5) is 15.7. The van der Waals surface area contributed by atoms with Crippen LogP contribution in [0.3, 0.4) is 0 Å². The normalized spacial score (nSPS) is 18.8. The fraction of sp³-hybridized carbons (Fsp3) is 0.269. The van der Waals surface area contributed by atoms with Crippen molar-refractivity contribution in [1.82, 2.24) is 9.80 Å². The first-order valence-corrected chi connectivity index (χ1v) is 10.5. The summed E-state index contributed by atoms with van der Waals surface area (Å²) in [5, 5.41) is 9.18. The average molecular weight is 401 g/mol. The molecule has 0 spiro atoms. The van der Waals surface area contributed by atoms with Gasteiger partial charge >= 0.3 is 5.97 Å². The molecule has 0 aliphatic carbocycles. The summed E-state index contributed by atoms with van der Waals surface area (Å²) in [6, 6.07) is 30.2. The van der Waals surface area contributed by atoms with Crippen LogP contribution >= 0.6 is 0 Å². The smallest absolute Gasteiger partial charge is 0.317 e. The lowest BCUT2D eigenvalue weighted by Gasteiger charge is -2.43. The summed E-state index contributed by atoms with van der Waals surface area (Å²) < 4.78 is 0. The predicted molar refractivity (Wildman–Crippen MR) is 120 cm³/mol. The molecule has 0 aromatic heterocycles. The third kappa shape index (κ3) is 4.61. The highest BCUT2D eigenvalue weighted by atomic mass is 16.4. The van der Waals surface area contributed by atoms with Crippen molar-refractivity contribution >= 4 is 5.97 Å². The molecule has 3 aromatic rings. The molecule has 4 nitrogen and oxygen atoms in total. The molecule has 1 N–H and O–H groups in total. The first kappa shape index (κ1) is 20.3. The van der Waals surface area contributed by atoms with Gasteiger partial charge in [-0.15, -0.1) is 0 Å². The minimum Gasteiger partial charge on any atom is -0.480 e. The first-order valence-electron chi connectivity index (χ1n) is 10.5. The molecule has 30 heavy (non-hydrogen) atoms. The van der Waals surface area contributed by atoms with E-state index in [0.29, 0.717) is 0 Å². The number of carbonyl (C=O) groups is 1. The fourth-order valence-corrected chi connectivity index (χ4v) is 4.40. The molecule has 1 unspecified atom stereocenters. The van der Waals surface area contributed by atoms with Gasteiger partial charge in [0.15, 0.2) is 0 Å². The molecule has 1 aliphatic rings. The van der Waals surface area contributed by atoms with Gasteiger partial charge in [0.2, 0.25) is 0 Å². The van der Waals surface area contributed by atoms with Crippen molar-refractivity contribution in [2.45, 2.75) is 19.0 Å². The summed E-state index contributed by atoms with van der Waals surface area (Å²) in [6.07, 6.45) is 0. The highest BCUT2D eigenvalue weighted by Crippen LogP contribution is 2.32. The highest BCUT2D eigenvalue weighted by molar-refractivity contribution is 5.69. The number of benzene rings is 3. The number of carboxylic acid groups (broad SMARTS) is 1. The number of hydrogen-bond donors (Lipinski definition) is 1. The summed E-state index contributed by atoms with van der Waals surface area (Å²) in [5.74, 6) is -0.758. The molecule has 3 aromatic carbocycles. The first-order chi connectivity index (χ1) is 14.6. The predicted octanol–water partition coefficient (Wildman–Crippen LogP) is 4.53. The van der Waals surface area contributed by atoms with Crippen LogP contribution in [0.5, 0.6) is 0 Å². The zero-order valence-corrected chi connectivity index (χ0v) is 17.3. The van der Waals surface area contributed by atoms with Gasteiger partial charge in [0.05, 0.1) is 12.6 Å². The summed E-state index contributed by atoms with van der Waals surface area (Å²) in [7, 11) is 0. The van der Waals surface area contributed by atoms with Crippen molar-refractivity contribution in [1.29, 1.82) is 0 Å². The SMILES string of the molecule is CC1CN([C@H](c2ccccc2)c2ccc(-c3ccccc3)cc2)CCN1CC(=O)O. The van der Waals surface area contributed by atoms with Gasteiger partial charge in [0.25, 0.3) is 0 Å². The number of carboxylic acids is 1. The van der Waals surface area contributed by atoms with E-state index in [1.165, 1.54) is 22.3 Å². The Hall–Kier alpha value is -2.95. The Morgan fingerprint density at radius 1 is 0.867 bits per heavy atom. The maximum absolute atomic E-state index is 11.2. The molecule has 1 aliphatic heterocycles. The van der Waals surface area contributed by atoms with Crippen molar-refractivity contribution in [2.75, 3.05) is 26.2 Å². The van der Waals surface area contributed by atoms with Crippen LogP contribution in [0.15, 0.2) is 84.9 Å². The molecule has 1 fully saturated rings. The highest BCUT2D eigenvalue weighted by Gasteiger charge is 2.30. The van der Waals surface area contributed by atoms with Crippen LogP contribution in [0.2, 0.25) is 0 Å². The van der Waals surface area contributed by atoms with E-state index in [1.807, 2.05) is 12.1 Å². The van der Waals surface area contributed by atoms with Crippen molar-refractivity contribution in [3.63, 3.8) is 0 Å². The van der Waals surface area contributed by atoms with E-state index in [0.717, 1.165) is 19.6 Å². The van der Waals surface area contributed by atoms with Crippen LogP contribution in [-0.4, -0.2) is 53.1 Å². The van der Waals surface area contributed by atoms with Gasteiger partial charge in [-0.2, -0.15) is 0 Å². The topological polar surface area (TPSA) is 43.8 Å². The number of piperazine rings is 1. The van der Waals surface area contributed by atoms with Crippen molar-refractivity contribution in [2.24, 2.45) is 0 Å². The largest absolute Gasteiger partial charge is 0.480 e. The van der Waals surface area contributed by atoms with Gasteiger partial charge in [-0.05, 0) is 29.2 Å². The third-order valence-electron chi connectivity index (χ3n) is 5.95. The Kier molecular flexibility index (Phi) is 6.26. The number of nitrogens with zero attached hydrogens (tertiary/aromatic N) is 2. The lowest BCUT2D eigenvalue weighted by Crippen LogP contribution is -2.54. The second-order valence-electron chi connectivity index (χ2n) is 8.01. The summed E-state index contributed by atoms with van der Waals surface area (Å²) >= 11 is 0. The maximum Gasteiger partial charge on any atom is 0.317 e. The minimum absolute atomic E-state index is 0.108.